The fourth-order valence-corrected chi connectivity index (χ4v) is 4.36. The van der Waals surface area contributed by atoms with Gasteiger partial charge in [-0.2, -0.15) is 0 Å². The van der Waals surface area contributed by atoms with Crippen molar-refractivity contribution in [2.45, 2.75) is 59.5 Å². The molecule has 0 aromatic heterocycles. The van der Waals surface area contributed by atoms with Crippen LogP contribution in [0.15, 0.2) is 73.3 Å². The Morgan fingerprint density at radius 1 is 0.946 bits per heavy atom. The molecule has 2 atom stereocenters. The van der Waals surface area contributed by atoms with Crippen molar-refractivity contribution >= 4 is 17.7 Å². The fourth-order valence-electron chi connectivity index (χ4n) is 4.36. The molecule has 0 fully saturated rings. The first-order valence-electron chi connectivity index (χ1n) is 12.8. The summed E-state index contributed by atoms with van der Waals surface area (Å²) in [7, 11) is 0. The smallest absolute Gasteiger partial charge is 0.247 e. The number of carbonyl (C=O) groups is 3. The highest BCUT2D eigenvalue weighted by Gasteiger charge is 2.40. The van der Waals surface area contributed by atoms with Gasteiger partial charge in [0.2, 0.25) is 17.7 Å². The molecule has 3 N–H and O–H groups in total. The summed E-state index contributed by atoms with van der Waals surface area (Å²) in [6, 6.07) is 17.4. The van der Waals surface area contributed by atoms with Crippen LogP contribution in [0.4, 0.5) is 0 Å². The second kappa shape index (κ2) is 13.7. The van der Waals surface area contributed by atoms with Crippen molar-refractivity contribution < 1.29 is 19.6 Å². The minimum Gasteiger partial charge on any atom is -0.352 e. The van der Waals surface area contributed by atoms with E-state index in [9.17, 15) is 19.6 Å². The maximum absolute atomic E-state index is 13.7. The molecule has 0 spiro atoms. The highest BCUT2D eigenvalue weighted by Crippen LogP contribution is 2.28. The third-order valence-corrected chi connectivity index (χ3v) is 6.09. The van der Waals surface area contributed by atoms with Crippen molar-refractivity contribution in [2.24, 2.45) is 17.3 Å². The number of nitrogens with one attached hydrogen (secondary N) is 2. The Labute approximate surface area is 220 Å². The number of amides is 3. The number of carbonyl (C=O) groups excluding carboxylic acids is 3. The molecule has 7 heteroatoms. The Morgan fingerprint density at radius 2 is 1.46 bits per heavy atom. The summed E-state index contributed by atoms with van der Waals surface area (Å²) in [4.78, 5) is 39.6. The Morgan fingerprint density at radius 3 is 1.89 bits per heavy atom. The molecule has 2 aromatic carbocycles. The minimum atomic E-state index is -1.18. The first kappa shape index (κ1) is 29.8. The monoisotopic (exact) mass is 507 g/mol. The van der Waals surface area contributed by atoms with Gasteiger partial charge in [-0.15, -0.1) is 6.58 Å². The average molecular weight is 508 g/mol. The summed E-state index contributed by atoms with van der Waals surface area (Å²) in [5.41, 5.74) is 0.966. The van der Waals surface area contributed by atoms with E-state index in [2.05, 4.69) is 17.2 Å². The number of benzene rings is 2. The van der Waals surface area contributed by atoms with Crippen LogP contribution in [0.3, 0.4) is 0 Å². The van der Waals surface area contributed by atoms with E-state index in [-0.39, 0.29) is 24.8 Å². The second-order valence-corrected chi connectivity index (χ2v) is 10.8. The maximum Gasteiger partial charge on any atom is 0.247 e. The van der Waals surface area contributed by atoms with E-state index < -0.39 is 35.2 Å². The lowest BCUT2D eigenvalue weighted by Gasteiger charge is -2.36. The summed E-state index contributed by atoms with van der Waals surface area (Å²) in [6.45, 7) is 13.2. The van der Waals surface area contributed by atoms with Crippen LogP contribution in [0.2, 0.25) is 0 Å². The van der Waals surface area contributed by atoms with E-state index in [1.165, 1.54) is 0 Å². The molecule has 0 aliphatic rings. The van der Waals surface area contributed by atoms with Gasteiger partial charge < -0.3 is 10.6 Å². The highest BCUT2D eigenvalue weighted by molar-refractivity contribution is 5.90. The maximum atomic E-state index is 13.7. The van der Waals surface area contributed by atoms with Crippen molar-refractivity contribution in [1.29, 1.82) is 0 Å². The highest BCUT2D eigenvalue weighted by atomic mass is 16.5. The van der Waals surface area contributed by atoms with Gasteiger partial charge in [0.15, 0.2) is 0 Å². The first-order valence-corrected chi connectivity index (χ1v) is 12.8. The Kier molecular flexibility index (Phi) is 11.1. The molecular formula is C30H41N3O4. The number of rotatable bonds is 12. The minimum absolute atomic E-state index is 0.165. The summed E-state index contributed by atoms with van der Waals surface area (Å²) in [5.74, 6) is -1.91. The van der Waals surface area contributed by atoms with Crippen LogP contribution in [0, 0.1) is 17.3 Å². The van der Waals surface area contributed by atoms with Gasteiger partial charge in [0.25, 0.3) is 0 Å². The van der Waals surface area contributed by atoms with E-state index in [0.717, 1.165) is 11.1 Å². The largest absolute Gasteiger partial charge is 0.352 e. The topological polar surface area (TPSA) is 98.7 Å². The standard InChI is InChI=1S/C30H41N3O4/c1-7-18-31-28(35)24(19-21(2)3)20-25(34)33(37)27(30(4,5)6)29(36)32-26(22-14-10-8-11-15-22)23-16-12-9-13-17-23/h7-17,21,24,26-27,37H,1,18-20H2,2-6H3,(H,31,35)(H,32,36)/t24-,27-/m1/s1. The predicted molar refractivity (Wildman–Crippen MR) is 146 cm³/mol. The molecule has 2 aromatic rings. The Balaban J connectivity index is 2.30. The van der Waals surface area contributed by atoms with Crippen molar-refractivity contribution in [3.05, 3.63) is 84.4 Å². The normalized spacial score (nSPS) is 13.1. The summed E-state index contributed by atoms with van der Waals surface area (Å²) in [5, 5.41) is 17.3. The van der Waals surface area contributed by atoms with Gasteiger partial charge in [0, 0.05) is 18.9 Å². The van der Waals surface area contributed by atoms with Crippen molar-refractivity contribution in [3.8, 4) is 0 Å². The molecule has 0 aliphatic carbocycles. The number of nitrogens with zero attached hydrogens (tertiary/aromatic N) is 1. The molecule has 0 saturated heterocycles. The zero-order valence-corrected chi connectivity index (χ0v) is 22.6. The first-order chi connectivity index (χ1) is 17.5. The van der Waals surface area contributed by atoms with E-state index >= 15 is 0 Å². The zero-order chi connectivity index (χ0) is 27.6. The predicted octanol–water partition coefficient (Wildman–Crippen LogP) is 4.88. The molecule has 37 heavy (non-hydrogen) atoms. The number of hydrogen-bond donors (Lipinski definition) is 3. The fraction of sp³-hybridized carbons (Fsp3) is 0.433. The second-order valence-electron chi connectivity index (χ2n) is 10.8. The average Bonchev–Trinajstić information content (AvgIpc) is 2.85. The van der Waals surface area contributed by atoms with Crippen LogP contribution in [-0.4, -0.2) is 40.6 Å². The molecule has 3 amide bonds. The van der Waals surface area contributed by atoms with Crippen LogP contribution in [0.1, 0.15) is 64.6 Å². The number of hydroxylamine groups is 2. The van der Waals surface area contributed by atoms with Crippen LogP contribution < -0.4 is 10.6 Å². The van der Waals surface area contributed by atoms with Crippen molar-refractivity contribution in [1.82, 2.24) is 15.7 Å². The molecule has 0 heterocycles. The Hall–Kier alpha value is -3.45. The van der Waals surface area contributed by atoms with Crippen LogP contribution in [0.5, 0.6) is 0 Å². The van der Waals surface area contributed by atoms with Gasteiger partial charge in [0.05, 0.1) is 6.04 Å². The molecule has 200 valence electrons. The lowest BCUT2D eigenvalue weighted by atomic mass is 9.84. The lowest BCUT2D eigenvalue weighted by Crippen LogP contribution is -2.55. The third-order valence-electron chi connectivity index (χ3n) is 6.09. The van der Waals surface area contributed by atoms with Crippen LogP contribution >= 0.6 is 0 Å². The van der Waals surface area contributed by atoms with Crippen LogP contribution in [0.25, 0.3) is 0 Å². The summed E-state index contributed by atoms with van der Waals surface area (Å²) in [6.07, 6.45) is 1.83. The van der Waals surface area contributed by atoms with Crippen molar-refractivity contribution in [2.75, 3.05) is 6.54 Å². The van der Waals surface area contributed by atoms with E-state index in [1.54, 1.807) is 26.8 Å². The van der Waals surface area contributed by atoms with Gasteiger partial charge in [-0.25, -0.2) is 5.06 Å². The zero-order valence-electron chi connectivity index (χ0n) is 22.6. The molecule has 0 aliphatic heterocycles. The van der Waals surface area contributed by atoms with E-state index in [4.69, 9.17) is 0 Å². The van der Waals surface area contributed by atoms with Gasteiger partial charge in [-0.05, 0) is 28.9 Å². The quantitative estimate of drug-likeness (QED) is 0.217. The lowest BCUT2D eigenvalue weighted by molar-refractivity contribution is -0.190. The molecule has 0 radical (unpaired) electrons. The van der Waals surface area contributed by atoms with Gasteiger partial charge >= 0.3 is 0 Å². The molecular weight excluding hydrogens is 466 g/mol. The van der Waals surface area contributed by atoms with E-state index in [1.807, 2.05) is 74.5 Å². The summed E-state index contributed by atoms with van der Waals surface area (Å²) < 4.78 is 0. The van der Waals surface area contributed by atoms with Gasteiger partial charge in [-0.3, -0.25) is 19.6 Å². The molecule has 0 unspecified atom stereocenters. The van der Waals surface area contributed by atoms with Crippen LogP contribution in [-0.2, 0) is 14.4 Å². The van der Waals surface area contributed by atoms with Gasteiger partial charge in [-0.1, -0.05) is 101 Å². The molecule has 2 rings (SSSR count). The van der Waals surface area contributed by atoms with E-state index in [0.29, 0.717) is 11.5 Å². The number of hydrogen-bond acceptors (Lipinski definition) is 4. The van der Waals surface area contributed by atoms with Crippen molar-refractivity contribution in [3.63, 3.8) is 0 Å². The molecule has 0 saturated carbocycles. The third kappa shape index (κ3) is 8.86. The summed E-state index contributed by atoms with van der Waals surface area (Å²) >= 11 is 0. The SMILES string of the molecule is C=CCNC(=O)[C@@H](CC(=O)N(O)[C@H](C(=O)NC(c1ccccc1)c1ccccc1)C(C)(C)C)CC(C)C. The van der Waals surface area contributed by atoms with Gasteiger partial charge in [0.1, 0.15) is 6.04 Å². The molecule has 7 nitrogen and oxygen atoms in total. The molecule has 0 bridgehead atoms. The Bertz CT molecular complexity index is 992.